The first-order valence-corrected chi connectivity index (χ1v) is 8.44. The van der Waals surface area contributed by atoms with Gasteiger partial charge in [0.15, 0.2) is 0 Å². The largest absolute Gasteiger partial charge is 0.384 e. The average molecular weight is 280 g/mol. The smallest absolute Gasteiger partial charge is 0.240 e. The second-order valence-electron chi connectivity index (χ2n) is 5.63. The number of rotatable bonds is 3. The van der Waals surface area contributed by atoms with Gasteiger partial charge in [-0.3, -0.25) is 0 Å². The zero-order valence-electron chi connectivity index (χ0n) is 11.1. The zero-order chi connectivity index (χ0) is 13.5. The molecule has 1 saturated carbocycles. The Balaban J connectivity index is 1.84. The van der Waals surface area contributed by atoms with E-state index >= 15 is 0 Å². The van der Waals surface area contributed by atoms with Crippen molar-refractivity contribution >= 4 is 15.7 Å². The van der Waals surface area contributed by atoms with Gasteiger partial charge < -0.3 is 5.32 Å². The molecule has 2 atom stereocenters. The van der Waals surface area contributed by atoms with Crippen LogP contribution in [-0.4, -0.2) is 21.0 Å². The molecule has 4 nitrogen and oxygen atoms in total. The second-order valence-corrected chi connectivity index (χ2v) is 7.35. The van der Waals surface area contributed by atoms with Gasteiger partial charge in [0.2, 0.25) is 10.0 Å². The van der Waals surface area contributed by atoms with Gasteiger partial charge in [0.05, 0.1) is 4.90 Å². The van der Waals surface area contributed by atoms with E-state index in [0.29, 0.717) is 10.8 Å². The molecule has 0 aromatic heterocycles. The number of hydrogen-bond acceptors (Lipinski definition) is 3. The van der Waals surface area contributed by atoms with Crippen LogP contribution in [0.2, 0.25) is 0 Å². The molecule has 1 aliphatic carbocycles. The predicted octanol–water partition coefficient (Wildman–Crippen LogP) is 2.12. The molecule has 5 heteroatoms. The third kappa shape index (κ3) is 2.49. The highest BCUT2D eigenvalue weighted by Gasteiger charge is 2.28. The van der Waals surface area contributed by atoms with E-state index in [2.05, 4.69) is 17.0 Å². The number of nitrogens with one attached hydrogen (secondary N) is 2. The van der Waals surface area contributed by atoms with Crippen LogP contribution in [-0.2, 0) is 16.4 Å². The summed E-state index contributed by atoms with van der Waals surface area (Å²) in [6.07, 6.45) is 4.14. The Kier molecular flexibility index (Phi) is 3.27. The SMILES string of the molecule is CC1CCCC1NS(=O)(=O)c1ccc2c(c1)NCC2. The molecule has 0 radical (unpaired) electrons. The Labute approximate surface area is 114 Å². The molecule has 104 valence electrons. The van der Waals surface area contributed by atoms with Crippen LogP contribution in [0.5, 0.6) is 0 Å². The number of hydrogen-bond donors (Lipinski definition) is 2. The minimum absolute atomic E-state index is 0.0891. The molecule has 0 saturated heterocycles. The Morgan fingerprint density at radius 3 is 2.89 bits per heavy atom. The standard InChI is InChI=1S/C14H20N2O2S/c1-10-3-2-4-13(10)16-19(17,18)12-6-5-11-7-8-15-14(11)9-12/h5-6,9-10,13,15-16H,2-4,7-8H2,1H3. The lowest BCUT2D eigenvalue weighted by atomic mass is 10.1. The third-order valence-corrected chi connectivity index (χ3v) is 5.76. The molecule has 0 bridgehead atoms. The highest BCUT2D eigenvalue weighted by atomic mass is 32.2. The molecular weight excluding hydrogens is 260 g/mol. The van der Waals surface area contributed by atoms with Crippen LogP contribution < -0.4 is 10.0 Å². The van der Waals surface area contributed by atoms with E-state index in [0.717, 1.165) is 37.9 Å². The number of benzene rings is 1. The van der Waals surface area contributed by atoms with Crippen molar-refractivity contribution in [3.8, 4) is 0 Å². The van der Waals surface area contributed by atoms with Crippen LogP contribution in [0.3, 0.4) is 0 Å². The van der Waals surface area contributed by atoms with Crippen molar-refractivity contribution in [1.29, 1.82) is 0 Å². The van der Waals surface area contributed by atoms with Crippen molar-refractivity contribution in [2.24, 2.45) is 5.92 Å². The molecule has 2 aliphatic rings. The maximum atomic E-state index is 12.4. The second kappa shape index (κ2) is 4.80. The van der Waals surface area contributed by atoms with Gasteiger partial charge in [-0.25, -0.2) is 13.1 Å². The zero-order valence-corrected chi connectivity index (χ0v) is 12.0. The van der Waals surface area contributed by atoms with Crippen LogP contribution in [0.1, 0.15) is 31.7 Å². The number of sulfonamides is 1. The monoisotopic (exact) mass is 280 g/mol. The minimum Gasteiger partial charge on any atom is -0.384 e. The van der Waals surface area contributed by atoms with Crippen molar-refractivity contribution in [1.82, 2.24) is 4.72 Å². The van der Waals surface area contributed by atoms with E-state index in [9.17, 15) is 8.42 Å². The van der Waals surface area contributed by atoms with Gasteiger partial charge in [0.1, 0.15) is 0 Å². The van der Waals surface area contributed by atoms with Gasteiger partial charge in [-0.05, 0) is 42.9 Å². The number of anilines is 1. The van der Waals surface area contributed by atoms with Gasteiger partial charge in [-0.2, -0.15) is 0 Å². The molecule has 2 N–H and O–H groups in total. The minimum atomic E-state index is -3.39. The Morgan fingerprint density at radius 2 is 2.16 bits per heavy atom. The van der Waals surface area contributed by atoms with E-state index < -0.39 is 10.0 Å². The van der Waals surface area contributed by atoms with Crippen LogP contribution in [0.25, 0.3) is 0 Å². The third-order valence-electron chi connectivity index (χ3n) is 4.27. The molecule has 1 heterocycles. The topological polar surface area (TPSA) is 58.2 Å². The lowest BCUT2D eigenvalue weighted by Crippen LogP contribution is -2.36. The Morgan fingerprint density at radius 1 is 1.32 bits per heavy atom. The molecule has 1 fully saturated rings. The van der Waals surface area contributed by atoms with Crippen LogP contribution in [0.4, 0.5) is 5.69 Å². The van der Waals surface area contributed by atoms with Crippen molar-refractivity contribution < 1.29 is 8.42 Å². The van der Waals surface area contributed by atoms with E-state index in [4.69, 9.17) is 0 Å². The Hall–Kier alpha value is -1.07. The molecule has 0 spiro atoms. The quantitative estimate of drug-likeness (QED) is 0.891. The van der Waals surface area contributed by atoms with E-state index in [1.165, 1.54) is 5.56 Å². The maximum absolute atomic E-state index is 12.4. The van der Waals surface area contributed by atoms with E-state index in [-0.39, 0.29) is 6.04 Å². The summed E-state index contributed by atoms with van der Waals surface area (Å²) in [5.41, 5.74) is 2.16. The maximum Gasteiger partial charge on any atom is 0.240 e. The van der Waals surface area contributed by atoms with Gasteiger partial charge in [-0.1, -0.05) is 19.4 Å². The fourth-order valence-electron chi connectivity index (χ4n) is 3.02. The highest BCUT2D eigenvalue weighted by Crippen LogP contribution is 2.28. The summed E-state index contributed by atoms with van der Waals surface area (Å²) in [4.78, 5) is 0.375. The first-order chi connectivity index (χ1) is 9.06. The fraction of sp³-hybridized carbons (Fsp3) is 0.571. The summed E-state index contributed by atoms with van der Waals surface area (Å²) >= 11 is 0. The van der Waals surface area contributed by atoms with Crippen molar-refractivity contribution in [3.05, 3.63) is 23.8 Å². The van der Waals surface area contributed by atoms with Crippen molar-refractivity contribution in [3.63, 3.8) is 0 Å². The molecule has 3 rings (SSSR count). The van der Waals surface area contributed by atoms with E-state index in [1.807, 2.05) is 6.07 Å². The van der Waals surface area contributed by atoms with Crippen molar-refractivity contribution in [2.75, 3.05) is 11.9 Å². The normalized spacial score (nSPS) is 26.2. The van der Waals surface area contributed by atoms with Gasteiger partial charge in [0.25, 0.3) is 0 Å². The van der Waals surface area contributed by atoms with Crippen LogP contribution >= 0.6 is 0 Å². The van der Waals surface area contributed by atoms with Gasteiger partial charge in [-0.15, -0.1) is 0 Å². The first-order valence-electron chi connectivity index (χ1n) is 6.95. The summed E-state index contributed by atoms with van der Waals surface area (Å²) in [6.45, 7) is 3.01. The molecular formula is C14H20N2O2S. The lowest BCUT2D eigenvalue weighted by Gasteiger charge is -2.17. The molecule has 1 aromatic rings. The Bertz CT molecular complexity index is 583. The lowest BCUT2D eigenvalue weighted by molar-refractivity contribution is 0.476. The number of fused-ring (bicyclic) bond motifs is 1. The molecule has 0 amide bonds. The van der Waals surface area contributed by atoms with Crippen LogP contribution in [0.15, 0.2) is 23.1 Å². The summed E-state index contributed by atoms with van der Waals surface area (Å²) in [5, 5.41) is 3.22. The summed E-state index contributed by atoms with van der Waals surface area (Å²) in [5.74, 6) is 0.433. The molecule has 1 aliphatic heterocycles. The summed E-state index contributed by atoms with van der Waals surface area (Å²) < 4.78 is 27.6. The summed E-state index contributed by atoms with van der Waals surface area (Å²) in [7, 11) is -3.39. The predicted molar refractivity (Wildman–Crippen MR) is 75.8 cm³/mol. The van der Waals surface area contributed by atoms with Crippen LogP contribution in [0, 0.1) is 5.92 Å². The van der Waals surface area contributed by atoms with Crippen molar-refractivity contribution in [2.45, 2.75) is 43.5 Å². The molecule has 1 aromatic carbocycles. The highest BCUT2D eigenvalue weighted by molar-refractivity contribution is 7.89. The molecule has 19 heavy (non-hydrogen) atoms. The van der Waals surface area contributed by atoms with Gasteiger partial charge >= 0.3 is 0 Å². The molecule has 2 unspecified atom stereocenters. The van der Waals surface area contributed by atoms with E-state index in [1.54, 1.807) is 12.1 Å². The summed E-state index contributed by atoms with van der Waals surface area (Å²) in [6, 6.07) is 5.48. The fourth-order valence-corrected chi connectivity index (χ4v) is 4.43. The average Bonchev–Trinajstić information content (AvgIpc) is 2.97. The first kappa shape index (κ1) is 12.9. The van der Waals surface area contributed by atoms with Gasteiger partial charge in [0, 0.05) is 18.3 Å².